The molecule has 0 bridgehead atoms. The highest BCUT2D eigenvalue weighted by Gasteiger charge is 2.18. The lowest BCUT2D eigenvalue weighted by atomic mass is 10.2. The number of carbonyl (C=O) groups excluding carboxylic acids is 1. The van der Waals surface area contributed by atoms with Crippen molar-refractivity contribution in [2.75, 3.05) is 7.05 Å². The van der Waals surface area contributed by atoms with Gasteiger partial charge in [0.15, 0.2) is 0 Å². The molecule has 0 saturated heterocycles. The van der Waals surface area contributed by atoms with Crippen molar-refractivity contribution >= 4 is 17.4 Å². The zero-order chi connectivity index (χ0) is 17.1. The smallest absolute Gasteiger partial charge is 0.264 e. The van der Waals surface area contributed by atoms with Crippen LogP contribution in [0.5, 0.6) is 0 Å². The Balaban J connectivity index is 1.83. The second-order valence-electron chi connectivity index (χ2n) is 5.28. The van der Waals surface area contributed by atoms with Crippen molar-refractivity contribution in [3.8, 4) is 11.4 Å². The Bertz CT molecular complexity index is 919. The Morgan fingerprint density at radius 3 is 2.67 bits per heavy atom. The first-order valence-electron chi connectivity index (χ1n) is 7.24. The topological polar surface area (TPSA) is 91.8 Å². The van der Waals surface area contributed by atoms with E-state index in [0.717, 1.165) is 16.1 Å². The predicted octanol–water partition coefficient (Wildman–Crippen LogP) is 1.87. The van der Waals surface area contributed by atoms with Crippen LogP contribution in [0.25, 0.3) is 11.4 Å². The van der Waals surface area contributed by atoms with Crippen LogP contribution >= 0.6 is 11.5 Å². The number of hydrogen-bond donors (Lipinski definition) is 1. The summed E-state index contributed by atoms with van der Waals surface area (Å²) in [6.45, 7) is 2.18. The van der Waals surface area contributed by atoms with Crippen molar-refractivity contribution < 1.29 is 4.79 Å². The number of benzene rings is 1. The second-order valence-corrected chi connectivity index (χ2v) is 6.12. The molecule has 1 aromatic carbocycles. The van der Waals surface area contributed by atoms with E-state index < -0.39 is 11.5 Å². The lowest BCUT2D eigenvalue weighted by Gasteiger charge is -2.15. The van der Waals surface area contributed by atoms with Gasteiger partial charge in [-0.05, 0) is 18.5 Å². The molecule has 0 aliphatic carbocycles. The zero-order valence-electron chi connectivity index (χ0n) is 13.2. The summed E-state index contributed by atoms with van der Waals surface area (Å²) in [4.78, 5) is 33.9. The number of amides is 1. The maximum atomic E-state index is 12.5. The maximum Gasteiger partial charge on any atom is 0.264 e. The molecule has 1 amide bonds. The molecule has 0 aliphatic rings. The quantitative estimate of drug-likeness (QED) is 0.782. The molecule has 3 rings (SSSR count). The van der Waals surface area contributed by atoms with Gasteiger partial charge in [0.1, 0.15) is 11.4 Å². The van der Waals surface area contributed by atoms with Crippen LogP contribution in [0.15, 0.2) is 41.3 Å². The molecule has 2 aromatic heterocycles. The minimum absolute atomic E-state index is 0.00677. The maximum absolute atomic E-state index is 12.5. The fourth-order valence-electron chi connectivity index (χ4n) is 2.18. The van der Waals surface area contributed by atoms with Gasteiger partial charge >= 0.3 is 0 Å². The normalized spacial score (nSPS) is 10.6. The Labute approximate surface area is 142 Å². The van der Waals surface area contributed by atoms with Crippen molar-refractivity contribution in [1.29, 1.82) is 0 Å². The number of H-pyrrole nitrogens is 1. The van der Waals surface area contributed by atoms with E-state index in [1.165, 1.54) is 22.6 Å². The highest BCUT2D eigenvalue weighted by Crippen LogP contribution is 2.14. The van der Waals surface area contributed by atoms with Crippen molar-refractivity contribution in [3.63, 3.8) is 0 Å². The molecule has 0 aliphatic heterocycles. The monoisotopic (exact) mass is 341 g/mol. The Morgan fingerprint density at radius 2 is 2.04 bits per heavy atom. The molecular formula is C16H15N5O2S. The van der Waals surface area contributed by atoms with E-state index in [-0.39, 0.29) is 5.56 Å². The first-order chi connectivity index (χ1) is 11.6. The van der Waals surface area contributed by atoms with Gasteiger partial charge in [-0.1, -0.05) is 34.8 Å². The summed E-state index contributed by atoms with van der Waals surface area (Å²) in [6, 6.07) is 9.27. The first-order valence-corrected chi connectivity index (χ1v) is 8.01. The van der Waals surface area contributed by atoms with E-state index in [0.29, 0.717) is 12.4 Å². The molecular weight excluding hydrogens is 326 g/mol. The van der Waals surface area contributed by atoms with Crippen LogP contribution in [0.4, 0.5) is 0 Å². The third kappa shape index (κ3) is 3.23. The molecule has 122 valence electrons. The first kappa shape index (κ1) is 16.0. The molecule has 0 radical (unpaired) electrons. The number of aromatic nitrogens is 4. The van der Waals surface area contributed by atoms with E-state index >= 15 is 0 Å². The summed E-state index contributed by atoms with van der Waals surface area (Å²) in [6.07, 6.45) is 1.32. The third-order valence-corrected chi connectivity index (χ3v) is 4.36. The van der Waals surface area contributed by atoms with Crippen LogP contribution in [0, 0.1) is 6.92 Å². The van der Waals surface area contributed by atoms with Crippen LogP contribution in [-0.2, 0) is 6.54 Å². The number of rotatable bonds is 4. The van der Waals surface area contributed by atoms with Crippen molar-refractivity contribution in [1.82, 2.24) is 24.5 Å². The van der Waals surface area contributed by atoms with E-state index in [2.05, 4.69) is 19.6 Å². The molecule has 1 N–H and O–H groups in total. The summed E-state index contributed by atoms with van der Waals surface area (Å²) >= 11 is 1.24. The lowest BCUT2D eigenvalue weighted by molar-refractivity contribution is 0.0784. The highest BCUT2D eigenvalue weighted by atomic mass is 32.1. The minimum Gasteiger partial charge on any atom is -0.336 e. The number of hydrogen-bond acceptors (Lipinski definition) is 6. The standard InChI is InChI=1S/C16H15N5O2S/c1-10-13(24-20-19-10)9-21(2)16(23)12-8-17-14(18-15(12)22)11-6-4-3-5-7-11/h3-8H,9H2,1-2H3,(H,17,18,22). The zero-order valence-corrected chi connectivity index (χ0v) is 14.0. The van der Waals surface area contributed by atoms with Crippen molar-refractivity contribution in [2.45, 2.75) is 13.5 Å². The molecule has 24 heavy (non-hydrogen) atoms. The lowest BCUT2D eigenvalue weighted by Crippen LogP contribution is -2.31. The van der Waals surface area contributed by atoms with E-state index in [9.17, 15) is 9.59 Å². The Hall–Kier alpha value is -2.87. The van der Waals surface area contributed by atoms with Gasteiger partial charge < -0.3 is 9.88 Å². The molecule has 3 aromatic rings. The summed E-state index contributed by atoms with van der Waals surface area (Å²) in [5.74, 6) is 0.0402. The average molecular weight is 341 g/mol. The van der Waals surface area contributed by atoms with Crippen LogP contribution in [0.3, 0.4) is 0 Å². The van der Waals surface area contributed by atoms with Crippen LogP contribution in [0.2, 0.25) is 0 Å². The van der Waals surface area contributed by atoms with E-state index in [1.807, 2.05) is 37.3 Å². The summed E-state index contributed by atoms with van der Waals surface area (Å²) in [5.41, 5.74) is 1.12. The van der Waals surface area contributed by atoms with Crippen molar-refractivity contribution in [2.24, 2.45) is 0 Å². The van der Waals surface area contributed by atoms with Gasteiger partial charge in [0.05, 0.1) is 17.1 Å². The molecule has 0 unspecified atom stereocenters. The molecule has 8 heteroatoms. The molecule has 0 spiro atoms. The van der Waals surface area contributed by atoms with Gasteiger partial charge in [-0.2, -0.15) is 0 Å². The van der Waals surface area contributed by atoms with Crippen LogP contribution < -0.4 is 5.56 Å². The Morgan fingerprint density at radius 1 is 1.29 bits per heavy atom. The predicted molar refractivity (Wildman–Crippen MR) is 90.7 cm³/mol. The van der Waals surface area contributed by atoms with Gasteiger partial charge in [0, 0.05) is 18.8 Å². The Kier molecular flexibility index (Phi) is 4.48. The van der Waals surface area contributed by atoms with Gasteiger partial charge in [-0.25, -0.2) is 4.98 Å². The average Bonchev–Trinajstić information content (AvgIpc) is 3.00. The summed E-state index contributed by atoms with van der Waals surface area (Å²) < 4.78 is 3.84. The number of aromatic amines is 1. The minimum atomic E-state index is -0.458. The van der Waals surface area contributed by atoms with E-state index in [1.54, 1.807) is 7.05 Å². The summed E-state index contributed by atoms with van der Waals surface area (Å²) in [5, 5.41) is 3.91. The molecule has 7 nitrogen and oxygen atoms in total. The SMILES string of the molecule is Cc1nnsc1CN(C)C(=O)c1cnc(-c2ccccc2)[nH]c1=O. The summed E-state index contributed by atoms with van der Waals surface area (Å²) in [7, 11) is 1.63. The third-order valence-electron chi connectivity index (χ3n) is 3.55. The highest BCUT2D eigenvalue weighted by molar-refractivity contribution is 7.05. The van der Waals surface area contributed by atoms with Gasteiger partial charge in [-0.15, -0.1) is 5.10 Å². The molecule has 0 saturated carbocycles. The number of nitrogens with zero attached hydrogens (tertiary/aromatic N) is 4. The molecule has 2 heterocycles. The van der Waals surface area contributed by atoms with E-state index in [4.69, 9.17) is 0 Å². The van der Waals surface area contributed by atoms with Gasteiger partial charge in [0.25, 0.3) is 11.5 Å². The largest absolute Gasteiger partial charge is 0.336 e. The van der Waals surface area contributed by atoms with Crippen LogP contribution in [0.1, 0.15) is 20.9 Å². The number of nitrogens with one attached hydrogen (secondary N) is 1. The fraction of sp³-hybridized carbons (Fsp3) is 0.188. The van der Waals surface area contributed by atoms with Crippen molar-refractivity contribution in [3.05, 3.63) is 63.0 Å². The number of carbonyl (C=O) groups is 1. The molecule has 0 fully saturated rings. The second kappa shape index (κ2) is 6.71. The molecule has 0 atom stereocenters. The fourth-order valence-corrected chi connectivity index (χ4v) is 2.86. The number of aryl methyl sites for hydroxylation is 1. The van der Waals surface area contributed by atoms with Gasteiger partial charge in [0.2, 0.25) is 0 Å². The van der Waals surface area contributed by atoms with Crippen LogP contribution in [-0.4, -0.2) is 37.4 Å². The van der Waals surface area contributed by atoms with Gasteiger partial charge in [-0.3, -0.25) is 9.59 Å².